The number of carbonyl (C=O) groups excluding carboxylic acids is 1. The van der Waals surface area contributed by atoms with E-state index in [2.05, 4.69) is 23.7 Å². The van der Waals surface area contributed by atoms with Crippen molar-refractivity contribution < 1.29 is 9.18 Å². The van der Waals surface area contributed by atoms with E-state index in [1.54, 1.807) is 12.1 Å². The van der Waals surface area contributed by atoms with Crippen LogP contribution >= 0.6 is 0 Å². The van der Waals surface area contributed by atoms with Crippen LogP contribution in [0.25, 0.3) is 0 Å². The molecule has 0 aromatic heterocycles. The fourth-order valence-electron chi connectivity index (χ4n) is 3.06. The van der Waals surface area contributed by atoms with Crippen molar-refractivity contribution in [2.24, 2.45) is 5.41 Å². The summed E-state index contributed by atoms with van der Waals surface area (Å²) in [5.41, 5.74) is 0.845. The predicted octanol–water partition coefficient (Wildman–Crippen LogP) is 4.75. The third kappa shape index (κ3) is 4.37. The molecule has 2 aromatic carbocycles. The minimum atomic E-state index is -0.700. The molecule has 0 unspecified atom stereocenters. The standard InChI is InChI=1S/C23H19FO/c24-21-12-9-20(10-13-21)15-18-23(16-5-2-6-17-23)22(25)14-11-19-7-3-1-4-8-19/h1,3-4,7-10,12-13H,2,5-6,16-17H2. The van der Waals surface area contributed by atoms with E-state index < -0.39 is 5.41 Å². The summed E-state index contributed by atoms with van der Waals surface area (Å²) in [5.74, 6) is 11.6. The average molecular weight is 330 g/mol. The summed E-state index contributed by atoms with van der Waals surface area (Å²) in [6, 6.07) is 15.5. The number of hydrogen-bond donors (Lipinski definition) is 0. The van der Waals surface area contributed by atoms with Crippen LogP contribution in [0.5, 0.6) is 0 Å². The lowest BCUT2D eigenvalue weighted by Gasteiger charge is -2.28. The van der Waals surface area contributed by atoms with Crippen molar-refractivity contribution in [3.05, 3.63) is 71.5 Å². The predicted molar refractivity (Wildman–Crippen MR) is 97.1 cm³/mol. The Morgan fingerprint density at radius 3 is 2.16 bits per heavy atom. The zero-order valence-corrected chi connectivity index (χ0v) is 14.0. The molecule has 0 spiro atoms. The van der Waals surface area contributed by atoms with Gasteiger partial charge in [0.2, 0.25) is 5.78 Å². The summed E-state index contributed by atoms with van der Waals surface area (Å²) in [6.45, 7) is 0. The third-order valence-electron chi connectivity index (χ3n) is 4.53. The van der Waals surface area contributed by atoms with Gasteiger partial charge in [0.05, 0.1) is 0 Å². The van der Waals surface area contributed by atoms with Gasteiger partial charge in [-0.05, 0) is 55.2 Å². The highest BCUT2D eigenvalue weighted by Crippen LogP contribution is 2.36. The molecule has 0 radical (unpaired) electrons. The van der Waals surface area contributed by atoms with Crippen molar-refractivity contribution in [3.8, 4) is 23.7 Å². The molecule has 2 aromatic rings. The van der Waals surface area contributed by atoms with Crippen molar-refractivity contribution in [2.45, 2.75) is 32.1 Å². The first kappa shape index (κ1) is 17.0. The molecule has 3 rings (SSSR count). The summed E-state index contributed by atoms with van der Waals surface area (Å²) >= 11 is 0. The highest BCUT2D eigenvalue weighted by molar-refractivity contribution is 6.02. The van der Waals surface area contributed by atoms with Crippen molar-refractivity contribution in [3.63, 3.8) is 0 Å². The summed E-state index contributed by atoms with van der Waals surface area (Å²) < 4.78 is 13.0. The van der Waals surface area contributed by atoms with Crippen molar-refractivity contribution in [1.82, 2.24) is 0 Å². The van der Waals surface area contributed by atoms with Gasteiger partial charge in [-0.25, -0.2) is 4.39 Å². The Labute approximate surface area is 148 Å². The van der Waals surface area contributed by atoms with Gasteiger partial charge in [0.15, 0.2) is 0 Å². The van der Waals surface area contributed by atoms with E-state index in [1.165, 1.54) is 12.1 Å². The van der Waals surface area contributed by atoms with E-state index in [0.29, 0.717) is 0 Å². The van der Waals surface area contributed by atoms with Crippen LogP contribution < -0.4 is 0 Å². The van der Waals surface area contributed by atoms with Crippen LogP contribution in [0.15, 0.2) is 54.6 Å². The fraction of sp³-hybridized carbons (Fsp3) is 0.261. The second kappa shape index (κ2) is 7.82. The molecule has 1 saturated carbocycles. The summed E-state index contributed by atoms with van der Waals surface area (Å²) in [4.78, 5) is 12.8. The third-order valence-corrected chi connectivity index (χ3v) is 4.53. The van der Waals surface area contributed by atoms with Crippen LogP contribution in [0.4, 0.5) is 4.39 Å². The van der Waals surface area contributed by atoms with Crippen LogP contribution in [-0.4, -0.2) is 5.78 Å². The highest BCUT2D eigenvalue weighted by Gasteiger charge is 2.36. The van der Waals surface area contributed by atoms with Crippen LogP contribution in [0.3, 0.4) is 0 Å². The number of Topliss-reactive ketones (excluding diaryl/α,β-unsaturated/α-hetero) is 1. The molecule has 0 N–H and O–H groups in total. The molecule has 0 heterocycles. The Kier molecular flexibility index (Phi) is 5.32. The minimum Gasteiger partial charge on any atom is -0.283 e. The smallest absolute Gasteiger partial charge is 0.223 e. The minimum absolute atomic E-state index is 0.106. The van der Waals surface area contributed by atoms with Crippen molar-refractivity contribution in [1.29, 1.82) is 0 Å². The molecule has 0 atom stereocenters. The lowest BCUT2D eigenvalue weighted by molar-refractivity contribution is -0.121. The Morgan fingerprint density at radius 2 is 1.48 bits per heavy atom. The van der Waals surface area contributed by atoms with Gasteiger partial charge in [-0.1, -0.05) is 55.2 Å². The van der Waals surface area contributed by atoms with Crippen molar-refractivity contribution in [2.75, 3.05) is 0 Å². The molecular formula is C23H19FO. The molecule has 0 bridgehead atoms. The quantitative estimate of drug-likeness (QED) is 0.690. The SMILES string of the molecule is O=C(C#Cc1ccccc1)C1(C#Cc2ccc(F)cc2)CCCCC1. The highest BCUT2D eigenvalue weighted by atomic mass is 19.1. The summed E-state index contributed by atoms with van der Waals surface area (Å²) in [6.07, 6.45) is 4.57. The Balaban J connectivity index is 1.87. The Hall–Kier alpha value is -2.84. The zero-order chi connectivity index (χ0) is 17.5. The molecule has 0 amide bonds. The number of benzene rings is 2. The monoisotopic (exact) mass is 330 g/mol. The van der Waals surface area contributed by atoms with Gasteiger partial charge in [0.25, 0.3) is 0 Å². The lowest BCUT2D eigenvalue weighted by atomic mass is 9.71. The van der Waals surface area contributed by atoms with Crippen molar-refractivity contribution >= 4 is 5.78 Å². The van der Waals surface area contributed by atoms with Gasteiger partial charge in [-0.3, -0.25) is 4.79 Å². The van der Waals surface area contributed by atoms with E-state index in [4.69, 9.17) is 0 Å². The van der Waals surface area contributed by atoms with E-state index >= 15 is 0 Å². The lowest BCUT2D eigenvalue weighted by Crippen LogP contribution is -2.31. The second-order valence-corrected chi connectivity index (χ2v) is 6.34. The first-order valence-electron chi connectivity index (χ1n) is 8.58. The second-order valence-electron chi connectivity index (χ2n) is 6.34. The molecule has 1 fully saturated rings. The van der Waals surface area contributed by atoms with Gasteiger partial charge in [0.1, 0.15) is 11.2 Å². The maximum atomic E-state index is 13.0. The largest absolute Gasteiger partial charge is 0.283 e. The normalized spacial score (nSPS) is 15.2. The van der Waals surface area contributed by atoms with Gasteiger partial charge < -0.3 is 0 Å². The molecule has 1 aliphatic rings. The molecule has 1 nitrogen and oxygen atoms in total. The molecule has 25 heavy (non-hydrogen) atoms. The molecule has 124 valence electrons. The summed E-state index contributed by atoms with van der Waals surface area (Å²) in [5, 5.41) is 0. The number of ketones is 1. The van der Waals surface area contributed by atoms with Gasteiger partial charge in [0, 0.05) is 11.1 Å². The molecule has 1 aliphatic carbocycles. The van der Waals surface area contributed by atoms with E-state index in [9.17, 15) is 9.18 Å². The maximum absolute atomic E-state index is 13.0. The zero-order valence-electron chi connectivity index (χ0n) is 14.0. The van der Waals surface area contributed by atoms with Crippen LogP contribution in [0.2, 0.25) is 0 Å². The molecule has 0 saturated heterocycles. The van der Waals surface area contributed by atoms with E-state index in [0.717, 1.165) is 43.2 Å². The van der Waals surface area contributed by atoms with Gasteiger partial charge in [-0.2, -0.15) is 0 Å². The number of hydrogen-bond acceptors (Lipinski definition) is 1. The van der Waals surface area contributed by atoms with E-state index in [-0.39, 0.29) is 11.6 Å². The average Bonchev–Trinajstić information content (AvgIpc) is 2.67. The Morgan fingerprint density at radius 1 is 0.840 bits per heavy atom. The Bertz CT molecular complexity index is 852. The maximum Gasteiger partial charge on any atom is 0.223 e. The first-order valence-corrected chi connectivity index (χ1v) is 8.58. The number of carbonyl (C=O) groups is 1. The number of rotatable bonds is 1. The first-order chi connectivity index (χ1) is 12.2. The van der Waals surface area contributed by atoms with Crippen LogP contribution in [0, 0.1) is 34.9 Å². The summed E-state index contributed by atoms with van der Waals surface area (Å²) in [7, 11) is 0. The molecular weight excluding hydrogens is 311 g/mol. The topological polar surface area (TPSA) is 17.1 Å². The van der Waals surface area contributed by atoms with E-state index in [1.807, 2.05) is 30.3 Å². The molecule has 0 aliphatic heterocycles. The van der Waals surface area contributed by atoms with Gasteiger partial charge >= 0.3 is 0 Å². The van der Waals surface area contributed by atoms with Crippen LogP contribution in [0.1, 0.15) is 43.2 Å². The van der Waals surface area contributed by atoms with Crippen LogP contribution in [-0.2, 0) is 4.79 Å². The van der Waals surface area contributed by atoms with Gasteiger partial charge in [-0.15, -0.1) is 0 Å². The molecule has 2 heteroatoms. The fourth-order valence-corrected chi connectivity index (χ4v) is 3.06. The number of halogens is 1.